The number of nitrogens with one attached hydrogen (secondary N) is 1. The zero-order valence-electron chi connectivity index (χ0n) is 25.4. The first-order chi connectivity index (χ1) is 22.0. The summed E-state index contributed by atoms with van der Waals surface area (Å²) in [5.74, 6) is -0.856. The number of hydrogen-bond acceptors (Lipinski definition) is 8. The van der Waals surface area contributed by atoms with E-state index in [2.05, 4.69) is 4.72 Å². The molecule has 12 nitrogen and oxygen atoms in total. The molecule has 2 amide bonds. The van der Waals surface area contributed by atoms with Crippen molar-refractivity contribution in [3.8, 4) is 11.1 Å². The van der Waals surface area contributed by atoms with Crippen LogP contribution in [0.2, 0.25) is 0 Å². The van der Waals surface area contributed by atoms with Gasteiger partial charge in [-0.15, -0.1) is 0 Å². The van der Waals surface area contributed by atoms with Crippen molar-refractivity contribution in [1.82, 2.24) is 9.62 Å². The molecule has 0 saturated heterocycles. The van der Waals surface area contributed by atoms with E-state index in [4.69, 9.17) is 5.11 Å². The summed E-state index contributed by atoms with van der Waals surface area (Å²) in [5.41, 5.74) is 4.23. The summed E-state index contributed by atoms with van der Waals surface area (Å²) in [4.78, 5) is 36.3. The monoisotopic (exact) mass is 653 g/mol. The first kappa shape index (κ1) is 34.5. The molecular weight excluding hydrogens is 614 g/mol. The maximum atomic E-state index is 13.0. The zero-order valence-corrected chi connectivity index (χ0v) is 26.2. The lowest BCUT2D eigenvalue weighted by Crippen LogP contribution is -2.34. The molecule has 0 unspecified atom stereocenters. The van der Waals surface area contributed by atoms with E-state index in [0.29, 0.717) is 24.0 Å². The van der Waals surface area contributed by atoms with Crippen LogP contribution in [-0.4, -0.2) is 71.0 Å². The van der Waals surface area contributed by atoms with E-state index < -0.39 is 33.1 Å². The Labute approximate surface area is 267 Å². The molecule has 0 aromatic heterocycles. The van der Waals surface area contributed by atoms with Gasteiger partial charge < -0.3 is 20.2 Å². The molecule has 1 aliphatic rings. The molecule has 13 heteroatoms. The maximum absolute atomic E-state index is 13.0. The molecule has 4 rings (SSSR count). The second-order valence-electron chi connectivity index (χ2n) is 11.5. The van der Waals surface area contributed by atoms with E-state index in [-0.39, 0.29) is 43.5 Å². The standard InChI is InChI=1S/C33H39N3O9S/c37-19-4-20-46(44,45)34-32(39)29-17-14-27(21-30(29)25-6-1-2-7-25)24-10-8-23(9-11-24)5-3-18-35(33(40)41)22-31(38)26-12-15-28(16-13-26)36(42)43/h8-17,21,25,31,37-38H,1-7,18-20,22H2,(H,34,39)(H,40,41)/t31-/m1/s1. The third-order valence-corrected chi connectivity index (χ3v) is 9.57. The highest BCUT2D eigenvalue weighted by molar-refractivity contribution is 7.90. The summed E-state index contributed by atoms with van der Waals surface area (Å²) in [7, 11) is -3.87. The minimum Gasteiger partial charge on any atom is -0.465 e. The van der Waals surface area contributed by atoms with Gasteiger partial charge >= 0.3 is 6.09 Å². The van der Waals surface area contributed by atoms with Gasteiger partial charge in [-0.05, 0) is 84.0 Å². The second-order valence-corrected chi connectivity index (χ2v) is 13.3. The third-order valence-electron chi connectivity index (χ3n) is 8.24. The Morgan fingerprint density at radius 2 is 1.63 bits per heavy atom. The number of nitrogens with zero attached hydrogens (tertiary/aromatic N) is 2. The molecule has 1 saturated carbocycles. The van der Waals surface area contributed by atoms with Crippen molar-refractivity contribution >= 4 is 27.7 Å². The van der Waals surface area contributed by atoms with E-state index in [1.165, 1.54) is 24.3 Å². The highest BCUT2D eigenvalue weighted by Crippen LogP contribution is 2.38. The molecule has 1 atom stereocenters. The lowest BCUT2D eigenvalue weighted by atomic mass is 9.89. The number of benzene rings is 3. The zero-order chi connectivity index (χ0) is 33.3. The highest BCUT2D eigenvalue weighted by Gasteiger charge is 2.25. The van der Waals surface area contributed by atoms with Crippen molar-refractivity contribution in [2.45, 2.75) is 57.0 Å². The van der Waals surface area contributed by atoms with Gasteiger partial charge in [0.25, 0.3) is 11.6 Å². The average molecular weight is 654 g/mol. The smallest absolute Gasteiger partial charge is 0.407 e. The van der Waals surface area contributed by atoms with Gasteiger partial charge in [0.2, 0.25) is 10.0 Å². The number of non-ortho nitro benzene ring substituents is 1. The molecule has 3 aromatic carbocycles. The van der Waals surface area contributed by atoms with Crippen LogP contribution in [0.15, 0.2) is 66.7 Å². The molecule has 4 N–H and O–H groups in total. The van der Waals surface area contributed by atoms with Crippen LogP contribution in [0, 0.1) is 10.1 Å². The predicted molar refractivity (Wildman–Crippen MR) is 172 cm³/mol. The van der Waals surface area contributed by atoms with Gasteiger partial charge in [-0.2, -0.15) is 0 Å². The predicted octanol–water partition coefficient (Wildman–Crippen LogP) is 5.01. The number of nitro benzene ring substituents is 1. The number of nitro groups is 1. The number of rotatable bonds is 15. The molecule has 0 heterocycles. The number of carbonyl (C=O) groups is 2. The number of aryl methyl sites for hydroxylation is 1. The van der Waals surface area contributed by atoms with Gasteiger partial charge in [0.1, 0.15) is 0 Å². The van der Waals surface area contributed by atoms with E-state index in [1.54, 1.807) is 12.1 Å². The Bertz CT molecular complexity index is 1620. The van der Waals surface area contributed by atoms with Gasteiger partial charge in [0, 0.05) is 30.8 Å². The number of amides is 2. The van der Waals surface area contributed by atoms with Crippen molar-refractivity contribution in [2.24, 2.45) is 0 Å². The first-order valence-electron chi connectivity index (χ1n) is 15.3. The number of sulfonamides is 1. The third kappa shape index (κ3) is 9.35. The van der Waals surface area contributed by atoms with Crippen LogP contribution in [0.25, 0.3) is 11.1 Å². The lowest BCUT2D eigenvalue weighted by Gasteiger charge is -2.22. The summed E-state index contributed by atoms with van der Waals surface area (Å²) < 4.78 is 26.7. The van der Waals surface area contributed by atoms with Gasteiger partial charge in [-0.1, -0.05) is 49.2 Å². The Hall–Kier alpha value is -4.33. The van der Waals surface area contributed by atoms with Crippen LogP contribution in [0.5, 0.6) is 0 Å². The van der Waals surface area contributed by atoms with Crippen LogP contribution < -0.4 is 4.72 Å². The molecule has 0 aliphatic heterocycles. The summed E-state index contributed by atoms with van der Waals surface area (Å²) in [6.07, 6.45) is 2.75. The van der Waals surface area contributed by atoms with E-state index >= 15 is 0 Å². The van der Waals surface area contributed by atoms with Gasteiger partial charge in [0.15, 0.2) is 0 Å². The van der Waals surface area contributed by atoms with Crippen LogP contribution in [-0.2, 0) is 16.4 Å². The molecule has 0 spiro atoms. The number of carbonyl (C=O) groups excluding carboxylic acids is 1. The van der Waals surface area contributed by atoms with Crippen LogP contribution in [0.1, 0.15) is 77.6 Å². The minimum absolute atomic E-state index is 0.0399. The van der Waals surface area contributed by atoms with Crippen molar-refractivity contribution in [2.75, 3.05) is 25.4 Å². The summed E-state index contributed by atoms with van der Waals surface area (Å²) in [6.45, 7) is -0.268. The van der Waals surface area contributed by atoms with Crippen LogP contribution in [0.3, 0.4) is 0 Å². The Balaban J connectivity index is 1.40. The van der Waals surface area contributed by atoms with Gasteiger partial charge in [-0.3, -0.25) is 14.9 Å². The topological polar surface area (TPSA) is 187 Å². The van der Waals surface area contributed by atoms with Gasteiger partial charge in [0.05, 0.1) is 23.3 Å². The molecule has 1 aliphatic carbocycles. The highest BCUT2D eigenvalue weighted by atomic mass is 32.2. The number of aliphatic hydroxyl groups is 2. The Morgan fingerprint density at radius 1 is 0.978 bits per heavy atom. The molecule has 3 aromatic rings. The number of aliphatic hydroxyl groups excluding tert-OH is 2. The van der Waals surface area contributed by atoms with E-state index in [9.17, 15) is 38.3 Å². The molecule has 246 valence electrons. The molecule has 46 heavy (non-hydrogen) atoms. The van der Waals surface area contributed by atoms with Crippen LogP contribution >= 0.6 is 0 Å². The number of carboxylic acid groups (broad SMARTS) is 1. The fraction of sp³-hybridized carbons (Fsp3) is 0.394. The van der Waals surface area contributed by atoms with Crippen LogP contribution in [0.4, 0.5) is 10.5 Å². The van der Waals surface area contributed by atoms with E-state index in [1.807, 2.05) is 30.3 Å². The van der Waals surface area contributed by atoms with E-state index in [0.717, 1.165) is 52.8 Å². The molecule has 0 radical (unpaired) electrons. The second kappa shape index (κ2) is 15.8. The van der Waals surface area contributed by atoms with Crippen molar-refractivity contribution in [3.05, 3.63) is 99.1 Å². The van der Waals surface area contributed by atoms with Crippen molar-refractivity contribution < 1.29 is 38.2 Å². The molecule has 1 fully saturated rings. The minimum atomic E-state index is -3.87. The Morgan fingerprint density at radius 3 is 2.24 bits per heavy atom. The lowest BCUT2D eigenvalue weighted by molar-refractivity contribution is -0.384. The summed E-state index contributed by atoms with van der Waals surface area (Å²) >= 11 is 0. The SMILES string of the molecule is O=C(NS(=O)(=O)CCCO)c1ccc(-c2ccc(CCCN(C[C@@H](O)c3ccc([N+](=O)[O-])cc3)C(=O)O)cc2)cc1C1CCCC1. The van der Waals surface area contributed by atoms with Crippen molar-refractivity contribution in [3.63, 3.8) is 0 Å². The summed E-state index contributed by atoms with van der Waals surface area (Å²) in [5, 5.41) is 40.0. The fourth-order valence-electron chi connectivity index (χ4n) is 5.76. The first-order valence-corrected chi connectivity index (χ1v) is 16.9. The van der Waals surface area contributed by atoms with Crippen molar-refractivity contribution in [1.29, 1.82) is 0 Å². The largest absolute Gasteiger partial charge is 0.465 e. The normalized spacial score (nSPS) is 14.1. The number of hydrogen-bond donors (Lipinski definition) is 4. The fourth-order valence-corrected chi connectivity index (χ4v) is 6.76. The maximum Gasteiger partial charge on any atom is 0.407 e. The Kier molecular flexibility index (Phi) is 11.9. The summed E-state index contributed by atoms with van der Waals surface area (Å²) in [6, 6.07) is 18.6. The van der Waals surface area contributed by atoms with Gasteiger partial charge in [-0.25, -0.2) is 17.9 Å². The molecule has 0 bridgehead atoms. The average Bonchev–Trinajstić information content (AvgIpc) is 3.58. The molecular formula is C33H39N3O9S. The quantitative estimate of drug-likeness (QED) is 0.129.